The molecule has 0 bridgehead atoms. The molecule has 0 aliphatic rings. The largest absolute Gasteiger partial charge is 0.457 e. The van der Waals surface area contributed by atoms with Crippen LogP contribution in [0.5, 0.6) is 11.5 Å². The van der Waals surface area contributed by atoms with E-state index >= 15 is 0 Å². The SMILES string of the molecule is O=c1c(CNS(=O)(=O)c2ccc(Oc3ccccc3)cc2)cccn1O. The molecule has 0 aliphatic heterocycles. The summed E-state index contributed by atoms with van der Waals surface area (Å²) in [6.45, 7) is -0.231. The molecule has 0 aliphatic carbocycles. The molecule has 2 N–H and O–H groups in total. The second kappa shape index (κ2) is 7.42. The molecule has 8 heteroatoms. The van der Waals surface area contributed by atoms with Gasteiger partial charge in [0, 0.05) is 18.3 Å². The van der Waals surface area contributed by atoms with Crippen LogP contribution in [-0.2, 0) is 16.6 Å². The van der Waals surface area contributed by atoms with Crippen molar-refractivity contribution in [1.82, 2.24) is 9.45 Å². The zero-order valence-corrected chi connectivity index (χ0v) is 14.4. The molecule has 26 heavy (non-hydrogen) atoms. The summed E-state index contributed by atoms with van der Waals surface area (Å²) >= 11 is 0. The molecule has 134 valence electrons. The Hall–Kier alpha value is -3.10. The molecule has 3 aromatic rings. The normalized spacial score (nSPS) is 11.2. The van der Waals surface area contributed by atoms with E-state index in [0.29, 0.717) is 16.2 Å². The van der Waals surface area contributed by atoms with E-state index in [1.165, 1.54) is 30.5 Å². The van der Waals surface area contributed by atoms with Crippen LogP contribution in [0.2, 0.25) is 0 Å². The Bertz CT molecular complexity index is 1040. The van der Waals surface area contributed by atoms with E-state index in [1.54, 1.807) is 24.3 Å². The van der Waals surface area contributed by atoms with Gasteiger partial charge in [-0.05, 0) is 42.5 Å². The van der Waals surface area contributed by atoms with Crippen molar-refractivity contribution in [2.45, 2.75) is 11.4 Å². The lowest BCUT2D eigenvalue weighted by molar-refractivity contribution is 0.173. The van der Waals surface area contributed by atoms with Gasteiger partial charge in [-0.1, -0.05) is 24.3 Å². The second-order valence-electron chi connectivity index (χ2n) is 5.39. The molecule has 0 saturated heterocycles. The van der Waals surface area contributed by atoms with Crippen molar-refractivity contribution in [2.24, 2.45) is 0 Å². The smallest absolute Gasteiger partial charge is 0.287 e. The quantitative estimate of drug-likeness (QED) is 0.648. The van der Waals surface area contributed by atoms with E-state index in [-0.39, 0.29) is 17.0 Å². The van der Waals surface area contributed by atoms with Crippen molar-refractivity contribution in [2.75, 3.05) is 0 Å². The number of hydrogen-bond acceptors (Lipinski definition) is 5. The molecule has 0 atom stereocenters. The highest BCUT2D eigenvalue weighted by Gasteiger charge is 2.15. The number of pyridine rings is 1. The Morgan fingerprint density at radius 2 is 1.58 bits per heavy atom. The maximum atomic E-state index is 12.3. The van der Waals surface area contributed by atoms with E-state index < -0.39 is 15.6 Å². The standard InChI is InChI=1S/C18H16N2O5S/c21-18-14(5-4-12-20(18)22)13-19-26(23,24)17-10-8-16(9-11-17)25-15-6-2-1-3-7-15/h1-12,19,22H,13H2. The van der Waals surface area contributed by atoms with Gasteiger partial charge in [-0.2, -0.15) is 4.73 Å². The maximum absolute atomic E-state index is 12.3. The molecule has 0 unspecified atom stereocenters. The summed E-state index contributed by atoms with van der Waals surface area (Å²) in [5, 5.41) is 9.31. The molecule has 2 aromatic carbocycles. The molecule has 1 heterocycles. The molecule has 1 aromatic heterocycles. The number of rotatable bonds is 6. The van der Waals surface area contributed by atoms with Crippen molar-refractivity contribution in [3.8, 4) is 11.5 Å². The number of para-hydroxylation sites is 1. The first-order valence-electron chi connectivity index (χ1n) is 7.68. The van der Waals surface area contributed by atoms with Crippen LogP contribution < -0.4 is 15.0 Å². The van der Waals surface area contributed by atoms with Crippen LogP contribution in [0.25, 0.3) is 0 Å². The molecule has 0 saturated carbocycles. The van der Waals surface area contributed by atoms with Crippen molar-refractivity contribution in [3.63, 3.8) is 0 Å². The fourth-order valence-electron chi connectivity index (χ4n) is 2.23. The van der Waals surface area contributed by atoms with Gasteiger partial charge in [0.1, 0.15) is 11.5 Å². The third kappa shape index (κ3) is 4.11. The predicted octanol–water partition coefficient (Wildman–Crippen LogP) is 2.36. The summed E-state index contributed by atoms with van der Waals surface area (Å²) in [5.74, 6) is 1.15. The van der Waals surface area contributed by atoms with E-state index in [9.17, 15) is 18.4 Å². The van der Waals surface area contributed by atoms with E-state index in [2.05, 4.69) is 4.72 Å². The zero-order valence-electron chi connectivity index (χ0n) is 13.6. The molecule has 3 rings (SSSR count). The van der Waals surface area contributed by atoms with Gasteiger partial charge in [0.15, 0.2) is 0 Å². The summed E-state index contributed by atoms with van der Waals surface area (Å²) in [7, 11) is -3.81. The van der Waals surface area contributed by atoms with Gasteiger partial charge in [0.2, 0.25) is 10.0 Å². The number of hydrogen-bond donors (Lipinski definition) is 2. The van der Waals surface area contributed by atoms with Crippen LogP contribution in [0, 0.1) is 0 Å². The lowest BCUT2D eigenvalue weighted by Crippen LogP contribution is -2.29. The van der Waals surface area contributed by atoms with Crippen molar-refractivity contribution in [3.05, 3.63) is 88.8 Å². The minimum atomic E-state index is -3.81. The minimum absolute atomic E-state index is 0.0400. The Kier molecular flexibility index (Phi) is 5.06. The summed E-state index contributed by atoms with van der Waals surface area (Å²) in [4.78, 5) is 11.7. The lowest BCUT2D eigenvalue weighted by Gasteiger charge is -2.09. The lowest BCUT2D eigenvalue weighted by atomic mass is 10.3. The number of benzene rings is 2. The van der Waals surface area contributed by atoms with Gasteiger partial charge in [-0.3, -0.25) is 4.79 Å². The van der Waals surface area contributed by atoms with Crippen molar-refractivity contribution < 1.29 is 18.4 Å². The van der Waals surface area contributed by atoms with Gasteiger partial charge in [0.25, 0.3) is 5.56 Å². The van der Waals surface area contributed by atoms with E-state index in [0.717, 1.165) is 0 Å². The minimum Gasteiger partial charge on any atom is -0.457 e. The van der Waals surface area contributed by atoms with Crippen LogP contribution in [0.3, 0.4) is 0 Å². The van der Waals surface area contributed by atoms with Crippen molar-refractivity contribution >= 4 is 10.0 Å². The summed E-state index contributed by atoms with van der Waals surface area (Å²) < 4.78 is 33.1. The first-order valence-corrected chi connectivity index (χ1v) is 9.16. The highest BCUT2D eigenvalue weighted by Crippen LogP contribution is 2.22. The Morgan fingerprint density at radius 3 is 2.27 bits per heavy atom. The summed E-state index contributed by atoms with van der Waals surface area (Å²) in [6, 6.07) is 17.9. The maximum Gasteiger partial charge on any atom is 0.287 e. The predicted molar refractivity (Wildman–Crippen MR) is 94.9 cm³/mol. The Balaban J connectivity index is 1.71. The van der Waals surface area contributed by atoms with Gasteiger partial charge in [-0.25, -0.2) is 13.1 Å². The molecule has 0 spiro atoms. The fraction of sp³-hybridized carbons (Fsp3) is 0.0556. The van der Waals surface area contributed by atoms with Crippen LogP contribution in [0.1, 0.15) is 5.56 Å². The average Bonchev–Trinajstić information content (AvgIpc) is 2.64. The number of sulfonamides is 1. The Morgan fingerprint density at radius 1 is 0.923 bits per heavy atom. The number of nitrogens with one attached hydrogen (secondary N) is 1. The van der Waals surface area contributed by atoms with Crippen LogP contribution in [-0.4, -0.2) is 18.4 Å². The monoisotopic (exact) mass is 372 g/mol. The summed E-state index contributed by atoms with van der Waals surface area (Å²) in [6.07, 6.45) is 1.17. The zero-order chi connectivity index (χ0) is 18.6. The Labute approximate surface area is 150 Å². The van der Waals surface area contributed by atoms with Crippen LogP contribution >= 0.6 is 0 Å². The second-order valence-corrected chi connectivity index (χ2v) is 7.16. The van der Waals surface area contributed by atoms with Crippen LogP contribution in [0.4, 0.5) is 0 Å². The average molecular weight is 372 g/mol. The third-order valence-corrected chi connectivity index (χ3v) is 4.99. The summed E-state index contributed by atoms with van der Waals surface area (Å²) in [5.41, 5.74) is -0.551. The molecule has 7 nitrogen and oxygen atoms in total. The number of aromatic nitrogens is 1. The van der Waals surface area contributed by atoms with Gasteiger partial charge < -0.3 is 9.94 Å². The van der Waals surface area contributed by atoms with Gasteiger partial charge in [-0.15, -0.1) is 0 Å². The first kappa shape index (κ1) is 17.7. The van der Waals surface area contributed by atoms with Gasteiger partial charge >= 0.3 is 0 Å². The highest BCUT2D eigenvalue weighted by atomic mass is 32.2. The fourth-order valence-corrected chi connectivity index (χ4v) is 3.24. The molecule has 0 amide bonds. The molecule has 0 radical (unpaired) electrons. The number of nitrogens with zero attached hydrogens (tertiary/aromatic N) is 1. The third-order valence-electron chi connectivity index (χ3n) is 3.57. The number of ether oxygens (including phenoxy) is 1. The molecular formula is C18H16N2O5S. The highest BCUT2D eigenvalue weighted by molar-refractivity contribution is 7.89. The van der Waals surface area contributed by atoms with Gasteiger partial charge in [0.05, 0.1) is 4.90 Å². The molecular weight excluding hydrogens is 356 g/mol. The van der Waals surface area contributed by atoms with Crippen LogP contribution in [0.15, 0.2) is 82.6 Å². The van der Waals surface area contributed by atoms with E-state index in [4.69, 9.17) is 4.74 Å². The first-order chi connectivity index (χ1) is 12.5. The molecule has 0 fully saturated rings. The van der Waals surface area contributed by atoms with E-state index in [1.807, 2.05) is 18.2 Å². The topological polar surface area (TPSA) is 97.6 Å². The van der Waals surface area contributed by atoms with Crippen molar-refractivity contribution in [1.29, 1.82) is 0 Å².